The number of thioether (sulfide) groups is 1. The second-order valence-corrected chi connectivity index (χ2v) is 5.88. The minimum Gasteiger partial charge on any atom is -0.295 e. The Hall–Kier alpha value is 0.310. The highest BCUT2D eigenvalue weighted by atomic mass is 35.5. The van der Waals surface area contributed by atoms with E-state index in [9.17, 15) is 4.79 Å². The summed E-state index contributed by atoms with van der Waals surface area (Å²) in [7, 11) is 0. The van der Waals surface area contributed by atoms with E-state index in [2.05, 4.69) is 0 Å². The lowest BCUT2D eigenvalue weighted by Crippen LogP contribution is -2.53. The number of carbonyl (C=O) groups excluding carboxylic acids is 1. The van der Waals surface area contributed by atoms with Gasteiger partial charge in [-0.15, -0.1) is 11.8 Å². The van der Waals surface area contributed by atoms with E-state index in [4.69, 9.17) is 11.6 Å². The first-order valence-electron chi connectivity index (χ1n) is 2.80. The Labute approximate surface area is 64.1 Å². The molecule has 0 amide bonds. The average molecular weight is 165 g/mol. The highest BCUT2D eigenvalue weighted by Crippen LogP contribution is 2.53. The van der Waals surface area contributed by atoms with Gasteiger partial charge in [0.25, 0.3) is 0 Å². The van der Waals surface area contributed by atoms with Crippen molar-refractivity contribution >= 4 is 29.1 Å². The largest absolute Gasteiger partial charge is 0.295 e. The van der Waals surface area contributed by atoms with Crippen LogP contribution < -0.4 is 0 Å². The van der Waals surface area contributed by atoms with Gasteiger partial charge in [-0.05, 0) is 20.8 Å². The van der Waals surface area contributed by atoms with Crippen LogP contribution in [0.5, 0.6) is 0 Å². The van der Waals surface area contributed by atoms with E-state index >= 15 is 0 Å². The number of hydrogen-bond donors (Lipinski definition) is 0. The summed E-state index contributed by atoms with van der Waals surface area (Å²) in [6.07, 6.45) is 0. The van der Waals surface area contributed by atoms with E-state index in [1.807, 2.05) is 13.8 Å². The van der Waals surface area contributed by atoms with Crippen LogP contribution in [0.25, 0.3) is 0 Å². The topological polar surface area (TPSA) is 17.1 Å². The van der Waals surface area contributed by atoms with Gasteiger partial charge >= 0.3 is 0 Å². The zero-order chi connectivity index (χ0) is 7.28. The summed E-state index contributed by atoms with van der Waals surface area (Å²) in [5, 5.41) is 0. The molecule has 9 heavy (non-hydrogen) atoms. The molecule has 0 aromatic heterocycles. The van der Waals surface area contributed by atoms with Crippen molar-refractivity contribution in [2.24, 2.45) is 0 Å². The Morgan fingerprint density at radius 1 is 1.44 bits per heavy atom. The Kier molecular flexibility index (Phi) is 1.38. The maximum absolute atomic E-state index is 11.1. The van der Waals surface area contributed by atoms with Gasteiger partial charge in [0.2, 0.25) is 0 Å². The number of rotatable bonds is 0. The summed E-state index contributed by atoms with van der Waals surface area (Å²) in [4.78, 5) is 11.1. The molecule has 0 aromatic carbocycles. The van der Waals surface area contributed by atoms with Gasteiger partial charge in [0.15, 0.2) is 5.78 Å². The van der Waals surface area contributed by atoms with Crippen LogP contribution in [0.1, 0.15) is 20.8 Å². The number of ketones is 1. The molecule has 1 aliphatic heterocycles. The van der Waals surface area contributed by atoms with Gasteiger partial charge in [0.1, 0.15) is 4.21 Å². The Morgan fingerprint density at radius 3 is 1.89 bits per heavy atom. The van der Waals surface area contributed by atoms with E-state index in [1.165, 1.54) is 11.8 Å². The number of Topliss-reactive ketones (excluding diaryl/α,β-unsaturated/α-hetero) is 1. The molecule has 1 unspecified atom stereocenters. The first kappa shape index (κ1) is 7.42. The van der Waals surface area contributed by atoms with Crippen molar-refractivity contribution in [1.82, 2.24) is 0 Å². The highest BCUT2D eigenvalue weighted by molar-refractivity contribution is 8.07. The molecule has 1 nitrogen and oxygen atoms in total. The van der Waals surface area contributed by atoms with Crippen LogP contribution in [-0.2, 0) is 4.79 Å². The second kappa shape index (κ2) is 1.67. The predicted octanol–water partition coefficient (Wildman–Crippen LogP) is 2.04. The van der Waals surface area contributed by atoms with E-state index in [-0.39, 0.29) is 10.5 Å². The van der Waals surface area contributed by atoms with Crippen LogP contribution in [-0.4, -0.2) is 14.7 Å². The van der Waals surface area contributed by atoms with Crippen LogP contribution in [0.4, 0.5) is 0 Å². The number of halogens is 1. The Morgan fingerprint density at radius 2 is 1.89 bits per heavy atom. The predicted molar refractivity (Wildman–Crippen MR) is 40.9 cm³/mol. The first-order chi connectivity index (χ1) is 3.86. The molecule has 1 saturated heterocycles. The minimum atomic E-state index is -0.635. The quantitative estimate of drug-likeness (QED) is 0.510. The third-order valence-corrected chi connectivity index (χ3v) is 3.07. The first-order valence-corrected chi connectivity index (χ1v) is 4.00. The standard InChI is InChI=1S/C6H9ClOS/c1-5(2)4(8)6(3,7)9-5/h1-3H3. The molecule has 1 aliphatic rings. The van der Waals surface area contributed by atoms with Crippen molar-refractivity contribution < 1.29 is 4.79 Å². The number of hydrogen-bond acceptors (Lipinski definition) is 2. The van der Waals surface area contributed by atoms with Crippen molar-refractivity contribution in [3.63, 3.8) is 0 Å². The molecule has 3 heteroatoms. The van der Waals surface area contributed by atoms with Crippen LogP contribution in [0.15, 0.2) is 0 Å². The van der Waals surface area contributed by atoms with E-state index in [0.29, 0.717) is 0 Å². The molecular formula is C6H9ClOS. The second-order valence-electron chi connectivity index (χ2n) is 2.86. The van der Waals surface area contributed by atoms with Crippen LogP contribution in [0.3, 0.4) is 0 Å². The SMILES string of the molecule is CC1(C)SC(C)(Cl)C1=O. The lowest BCUT2D eigenvalue weighted by Gasteiger charge is -2.43. The summed E-state index contributed by atoms with van der Waals surface area (Å²) in [5.41, 5.74) is 0. The minimum absolute atomic E-state index is 0.140. The van der Waals surface area contributed by atoms with Gasteiger partial charge in [-0.25, -0.2) is 0 Å². The molecule has 0 spiro atoms. The Balaban J connectivity index is 2.74. The lowest BCUT2D eigenvalue weighted by molar-refractivity contribution is -0.122. The van der Waals surface area contributed by atoms with Gasteiger partial charge in [0, 0.05) is 0 Å². The molecule has 0 saturated carbocycles. The maximum atomic E-state index is 11.1. The van der Waals surface area contributed by atoms with Crippen LogP contribution in [0.2, 0.25) is 0 Å². The van der Waals surface area contributed by atoms with Crippen LogP contribution in [0, 0.1) is 0 Å². The maximum Gasteiger partial charge on any atom is 0.179 e. The fourth-order valence-electron chi connectivity index (χ4n) is 1.06. The molecule has 52 valence electrons. The van der Waals surface area contributed by atoms with Crippen molar-refractivity contribution in [1.29, 1.82) is 0 Å². The molecule has 1 heterocycles. The molecular weight excluding hydrogens is 156 g/mol. The zero-order valence-electron chi connectivity index (χ0n) is 5.69. The smallest absolute Gasteiger partial charge is 0.179 e. The molecule has 0 aromatic rings. The van der Waals surface area contributed by atoms with E-state index in [0.717, 1.165) is 0 Å². The van der Waals surface area contributed by atoms with Gasteiger partial charge < -0.3 is 0 Å². The monoisotopic (exact) mass is 164 g/mol. The fourth-order valence-corrected chi connectivity index (χ4v) is 3.38. The van der Waals surface area contributed by atoms with Gasteiger partial charge in [-0.2, -0.15) is 0 Å². The lowest BCUT2D eigenvalue weighted by atomic mass is 10.0. The van der Waals surface area contributed by atoms with Gasteiger partial charge in [-0.3, -0.25) is 4.79 Å². The van der Waals surface area contributed by atoms with Crippen LogP contribution >= 0.6 is 23.4 Å². The molecule has 0 radical (unpaired) electrons. The third-order valence-electron chi connectivity index (χ3n) is 1.40. The van der Waals surface area contributed by atoms with Crippen molar-refractivity contribution in [3.8, 4) is 0 Å². The van der Waals surface area contributed by atoms with E-state index < -0.39 is 4.21 Å². The van der Waals surface area contributed by atoms with Gasteiger partial charge in [-0.1, -0.05) is 11.6 Å². The zero-order valence-corrected chi connectivity index (χ0v) is 7.27. The number of carbonyl (C=O) groups is 1. The molecule has 0 N–H and O–H groups in total. The highest BCUT2D eigenvalue weighted by Gasteiger charge is 2.55. The Bertz CT molecular complexity index is 146. The van der Waals surface area contributed by atoms with Crippen molar-refractivity contribution in [3.05, 3.63) is 0 Å². The third kappa shape index (κ3) is 0.987. The summed E-state index contributed by atoms with van der Waals surface area (Å²) in [6, 6.07) is 0. The molecule has 1 fully saturated rings. The van der Waals surface area contributed by atoms with E-state index in [1.54, 1.807) is 6.92 Å². The summed E-state index contributed by atoms with van der Waals surface area (Å²) in [5.74, 6) is 0.140. The van der Waals surface area contributed by atoms with Crippen molar-refractivity contribution in [2.45, 2.75) is 29.7 Å². The molecule has 0 bridgehead atoms. The summed E-state index contributed by atoms with van der Waals surface area (Å²) >= 11 is 7.26. The summed E-state index contributed by atoms with van der Waals surface area (Å²) in [6.45, 7) is 5.53. The average Bonchev–Trinajstić information content (AvgIpc) is 1.63. The molecule has 0 aliphatic carbocycles. The van der Waals surface area contributed by atoms with Crippen molar-refractivity contribution in [2.75, 3.05) is 0 Å². The number of alkyl halides is 1. The molecule has 1 rings (SSSR count). The molecule has 1 atom stereocenters. The fraction of sp³-hybridized carbons (Fsp3) is 0.833. The normalized spacial score (nSPS) is 40.2. The van der Waals surface area contributed by atoms with Gasteiger partial charge in [0.05, 0.1) is 4.75 Å². The summed E-state index contributed by atoms with van der Waals surface area (Å²) < 4.78 is -0.875.